The topological polar surface area (TPSA) is 113 Å². The summed E-state index contributed by atoms with van der Waals surface area (Å²) in [5, 5.41) is 25.4. The maximum absolute atomic E-state index is 13.1. The Bertz CT molecular complexity index is 1200. The Morgan fingerprint density at radius 1 is 1.18 bits per heavy atom. The SMILES string of the molecule is Cc1cncc(NC2(c3cccc(NC(=O)c4cc(N([O-])O)cc(C(F)(F)F)c4)c3)CC2)n1. The van der Waals surface area contributed by atoms with Crippen LogP contribution in [0.5, 0.6) is 0 Å². The number of amides is 1. The first-order valence-electron chi connectivity index (χ1n) is 9.93. The number of rotatable bonds is 6. The molecule has 1 aromatic heterocycles. The monoisotopic (exact) mass is 458 g/mol. The normalized spacial score (nSPS) is 14.5. The Balaban J connectivity index is 1.57. The summed E-state index contributed by atoms with van der Waals surface area (Å²) in [7, 11) is 0. The molecule has 3 N–H and O–H groups in total. The maximum atomic E-state index is 13.1. The Hall–Kier alpha value is -3.70. The van der Waals surface area contributed by atoms with E-state index in [1.165, 1.54) is 0 Å². The molecular formula is C22H19F3N5O3-. The highest BCUT2D eigenvalue weighted by Crippen LogP contribution is 2.48. The first-order chi connectivity index (χ1) is 15.6. The van der Waals surface area contributed by atoms with E-state index in [-0.39, 0.29) is 5.54 Å². The summed E-state index contributed by atoms with van der Waals surface area (Å²) in [5.74, 6) is -0.242. The number of halogens is 3. The molecule has 172 valence electrons. The van der Waals surface area contributed by atoms with Gasteiger partial charge in [-0.15, -0.1) is 0 Å². The lowest BCUT2D eigenvalue weighted by atomic mass is 10.0. The maximum Gasteiger partial charge on any atom is 0.416 e. The van der Waals surface area contributed by atoms with Crippen LogP contribution < -0.4 is 15.9 Å². The van der Waals surface area contributed by atoms with E-state index in [0.717, 1.165) is 30.2 Å². The van der Waals surface area contributed by atoms with Crippen molar-refractivity contribution in [3.63, 3.8) is 0 Å². The average Bonchev–Trinajstić information content (AvgIpc) is 3.53. The summed E-state index contributed by atoms with van der Waals surface area (Å²) in [5.41, 5.74) is -0.742. The number of carbonyl (C=O) groups is 1. The lowest BCUT2D eigenvalue weighted by Crippen LogP contribution is -2.20. The molecule has 33 heavy (non-hydrogen) atoms. The van der Waals surface area contributed by atoms with Gasteiger partial charge in [0.1, 0.15) is 5.82 Å². The molecule has 0 aliphatic heterocycles. The van der Waals surface area contributed by atoms with Crippen LogP contribution in [-0.2, 0) is 11.7 Å². The van der Waals surface area contributed by atoms with Gasteiger partial charge in [-0.25, -0.2) is 4.98 Å². The number of hydrogen-bond acceptors (Lipinski definition) is 7. The third-order valence-electron chi connectivity index (χ3n) is 5.27. The van der Waals surface area contributed by atoms with E-state index in [9.17, 15) is 23.2 Å². The second kappa shape index (κ2) is 8.34. The van der Waals surface area contributed by atoms with E-state index in [0.29, 0.717) is 23.6 Å². The summed E-state index contributed by atoms with van der Waals surface area (Å²) in [6.45, 7) is 1.83. The van der Waals surface area contributed by atoms with Crippen LogP contribution in [0.1, 0.15) is 40.0 Å². The molecular weight excluding hydrogens is 439 g/mol. The molecule has 8 nitrogen and oxygen atoms in total. The van der Waals surface area contributed by atoms with Crippen LogP contribution in [0.25, 0.3) is 0 Å². The van der Waals surface area contributed by atoms with Gasteiger partial charge in [0.2, 0.25) is 0 Å². The number of aromatic nitrogens is 2. The molecule has 0 atom stereocenters. The van der Waals surface area contributed by atoms with Gasteiger partial charge in [-0.3, -0.25) is 15.0 Å². The molecule has 1 saturated carbocycles. The van der Waals surface area contributed by atoms with E-state index in [2.05, 4.69) is 20.6 Å². The Morgan fingerprint density at radius 3 is 2.58 bits per heavy atom. The molecule has 1 aliphatic rings. The van der Waals surface area contributed by atoms with Gasteiger partial charge in [0, 0.05) is 17.4 Å². The fourth-order valence-electron chi connectivity index (χ4n) is 3.49. The Kier molecular flexibility index (Phi) is 5.68. The van der Waals surface area contributed by atoms with Crippen molar-refractivity contribution in [2.75, 3.05) is 15.9 Å². The third kappa shape index (κ3) is 5.04. The number of alkyl halides is 3. The van der Waals surface area contributed by atoms with Crippen molar-refractivity contribution >= 4 is 23.1 Å². The van der Waals surface area contributed by atoms with Gasteiger partial charge < -0.3 is 21.1 Å². The molecule has 11 heteroatoms. The van der Waals surface area contributed by atoms with Gasteiger partial charge >= 0.3 is 6.18 Å². The summed E-state index contributed by atoms with van der Waals surface area (Å²) in [6, 6.07) is 8.88. The van der Waals surface area contributed by atoms with E-state index in [1.807, 2.05) is 13.0 Å². The van der Waals surface area contributed by atoms with Gasteiger partial charge in [-0.2, -0.15) is 13.2 Å². The molecule has 1 aliphatic carbocycles. The predicted octanol–water partition coefficient (Wildman–Crippen LogP) is 4.85. The van der Waals surface area contributed by atoms with Crippen molar-refractivity contribution in [2.45, 2.75) is 31.5 Å². The van der Waals surface area contributed by atoms with Crippen LogP contribution in [0.4, 0.5) is 30.4 Å². The van der Waals surface area contributed by atoms with E-state index < -0.39 is 34.1 Å². The zero-order chi connectivity index (χ0) is 23.8. The highest BCUT2D eigenvalue weighted by molar-refractivity contribution is 6.05. The molecule has 1 amide bonds. The summed E-state index contributed by atoms with van der Waals surface area (Å²) in [6.07, 6.45) is 0.108. The summed E-state index contributed by atoms with van der Waals surface area (Å²) < 4.78 is 39.4. The van der Waals surface area contributed by atoms with E-state index in [1.54, 1.807) is 30.6 Å². The van der Waals surface area contributed by atoms with Crippen LogP contribution in [0.3, 0.4) is 0 Å². The largest absolute Gasteiger partial charge is 0.733 e. The molecule has 0 bridgehead atoms. The van der Waals surface area contributed by atoms with Crippen LogP contribution in [0, 0.1) is 12.1 Å². The second-order valence-corrected chi connectivity index (χ2v) is 7.83. The predicted molar refractivity (Wildman–Crippen MR) is 115 cm³/mol. The molecule has 0 unspecified atom stereocenters. The molecule has 1 fully saturated rings. The summed E-state index contributed by atoms with van der Waals surface area (Å²) >= 11 is 0. The average molecular weight is 458 g/mol. The number of carbonyl (C=O) groups excluding carboxylic acids is 1. The first kappa shape index (κ1) is 22.5. The number of hydrogen-bond donors (Lipinski definition) is 3. The van der Waals surface area contributed by atoms with Crippen molar-refractivity contribution in [2.24, 2.45) is 0 Å². The number of benzene rings is 2. The first-order valence-corrected chi connectivity index (χ1v) is 9.93. The zero-order valence-electron chi connectivity index (χ0n) is 17.3. The number of anilines is 3. The fourth-order valence-corrected chi connectivity index (χ4v) is 3.49. The number of nitrogens with one attached hydrogen (secondary N) is 2. The minimum absolute atomic E-state index is 0.364. The molecule has 0 radical (unpaired) electrons. The smallest absolute Gasteiger partial charge is 0.416 e. The second-order valence-electron chi connectivity index (χ2n) is 7.83. The summed E-state index contributed by atoms with van der Waals surface area (Å²) in [4.78, 5) is 21.2. The highest BCUT2D eigenvalue weighted by Gasteiger charge is 2.45. The third-order valence-corrected chi connectivity index (χ3v) is 5.27. The molecule has 1 heterocycles. The van der Waals surface area contributed by atoms with Crippen molar-refractivity contribution in [1.82, 2.24) is 9.97 Å². The van der Waals surface area contributed by atoms with E-state index in [4.69, 9.17) is 5.21 Å². The van der Waals surface area contributed by atoms with Crippen molar-refractivity contribution in [3.05, 3.63) is 82.4 Å². The fraction of sp³-hybridized carbons (Fsp3) is 0.227. The molecule has 2 aromatic carbocycles. The Morgan fingerprint density at radius 2 is 1.94 bits per heavy atom. The molecule has 0 saturated heterocycles. The van der Waals surface area contributed by atoms with Crippen molar-refractivity contribution in [3.8, 4) is 0 Å². The van der Waals surface area contributed by atoms with Gasteiger partial charge in [0.15, 0.2) is 0 Å². The van der Waals surface area contributed by atoms with Gasteiger partial charge in [-0.05, 0) is 55.7 Å². The van der Waals surface area contributed by atoms with Crippen LogP contribution in [-0.4, -0.2) is 21.1 Å². The molecule has 3 aromatic rings. The quantitative estimate of drug-likeness (QED) is 0.453. The van der Waals surface area contributed by atoms with Crippen LogP contribution in [0.15, 0.2) is 54.9 Å². The lowest BCUT2D eigenvalue weighted by Gasteiger charge is -2.23. The number of aryl methyl sites for hydroxylation is 1. The van der Waals surface area contributed by atoms with Crippen molar-refractivity contribution < 1.29 is 23.2 Å². The minimum atomic E-state index is -4.80. The molecule has 4 rings (SSSR count). The van der Waals surface area contributed by atoms with Gasteiger partial charge in [-0.1, -0.05) is 12.1 Å². The van der Waals surface area contributed by atoms with Crippen LogP contribution in [0.2, 0.25) is 0 Å². The van der Waals surface area contributed by atoms with Gasteiger partial charge in [0.25, 0.3) is 5.91 Å². The van der Waals surface area contributed by atoms with Crippen molar-refractivity contribution in [1.29, 1.82) is 0 Å². The van der Waals surface area contributed by atoms with Crippen LogP contribution >= 0.6 is 0 Å². The van der Waals surface area contributed by atoms with E-state index >= 15 is 0 Å². The standard InChI is InChI=1S/C22H19F3N5O3/c1-13-11-26-12-19(27-13)29-21(5-6-21)15-3-2-4-17(9-15)28-20(31)14-7-16(22(23,24)25)10-18(8-14)30(32)33/h2-4,7-12,32H,5-6H2,1H3,(H,27,29)(H,28,31)/q-1. The lowest BCUT2D eigenvalue weighted by molar-refractivity contribution is -0.137. The highest BCUT2D eigenvalue weighted by atomic mass is 19.4. The zero-order valence-corrected chi connectivity index (χ0v) is 17.3. The molecule has 0 spiro atoms. The number of nitrogens with zero attached hydrogens (tertiary/aromatic N) is 3. The Labute approximate surface area is 186 Å². The minimum Gasteiger partial charge on any atom is -0.733 e. The van der Waals surface area contributed by atoms with Gasteiger partial charge in [0.05, 0.1) is 28.7 Å².